The minimum absolute atomic E-state index is 0.00188. The van der Waals surface area contributed by atoms with Crippen LogP contribution in [0.15, 0.2) is 12.1 Å². The highest BCUT2D eigenvalue weighted by Crippen LogP contribution is 2.29. The van der Waals surface area contributed by atoms with Crippen molar-refractivity contribution in [1.29, 1.82) is 0 Å². The predicted molar refractivity (Wildman–Crippen MR) is 48.5 cm³/mol. The number of aldehydes is 1. The summed E-state index contributed by atoms with van der Waals surface area (Å²) in [5.74, 6) is 0. The molecule has 4 nitrogen and oxygen atoms in total. The molecule has 0 spiro atoms. The van der Waals surface area contributed by atoms with Crippen molar-refractivity contribution < 1.29 is 9.72 Å². The van der Waals surface area contributed by atoms with Gasteiger partial charge in [0.05, 0.1) is 15.0 Å². The predicted octanol–water partition coefficient (Wildman–Crippen LogP) is 2.71. The van der Waals surface area contributed by atoms with Crippen molar-refractivity contribution in [3.05, 3.63) is 37.9 Å². The van der Waals surface area contributed by atoms with Crippen LogP contribution in [-0.2, 0) is 0 Å². The first-order chi connectivity index (χ1) is 6.06. The summed E-state index contributed by atoms with van der Waals surface area (Å²) < 4.78 is 0. The summed E-state index contributed by atoms with van der Waals surface area (Å²) in [6.07, 6.45) is 0.418. The van der Waals surface area contributed by atoms with Gasteiger partial charge in [0.15, 0.2) is 6.29 Å². The van der Waals surface area contributed by atoms with Gasteiger partial charge in [-0.1, -0.05) is 23.2 Å². The van der Waals surface area contributed by atoms with E-state index in [0.717, 1.165) is 12.1 Å². The van der Waals surface area contributed by atoms with Crippen LogP contribution in [0.25, 0.3) is 0 Å². The van der Waals surface area contributed by atoms with Crippen LogP contribution < -0.4 is 0 Å². The monoisotopic (exact) mass is 219 g/mol. The number of nitrogens with zero attached hydrogens (tertiary/aromatic N) is 1. The van der Waals surface area contributed by atoms with Crippen LogP contribution in [0.4, 0.5) is 5.69 Å². The molecule has 0 fully saturated rings. The Balaban J connectivity index is 3.38. The van der Waals surface area contributed by atoms with Gasteiger partial charge in [0, 0.05) is 17.7 Å². The maximum Gasteiger partial charge on any atom is 0.271 e. The Hall–Kier alpha value is -1.13. The second kappa shape index (κ2) is 3.72. The van der Waals surface area contributed by atoms with E-state index in [1.807, 2.05) is 0 Å². The molecule has 0 aliphatic rings. The van der Waals surface area contributed by atoms with Crippen LogP contribution in [0.2, 0.25) is 10.0 Å². The van der Waals surface area contributed by atoms with Crippen LogP contribution in [0.5, 0.6) is 0 Å². The molecule has 0 aromatic heterocycles. The highest BCUT2D eigenvalue weighted by Gasteiger charge is 2.13. The summed E-state index contributed by atoms with van der Waals surface area (Å²) >= 11 is 11.1. The van der Waals surface area contributed by atoms with Crippen molar-refractivity contribution in [2.75, 3.05) is 0 Å². The van der Waals surface area contributed by atoms with Gasteiger partial charge in [-0.05, 0) is 0 Å². The summed E-state index contributed by atoms with van der Waals surface area (Å²) in [5, 5.41) is 10.3. The fraction of sp³-hybridized carbons (Fsp3) is 0. The zero-order chi connectivity index (χ0) is 10.0. The van der Waals surface area contributed by atoms with Crippen LogP contribution in [0.1, 0.15) is 10.4 Å². The molecule has 0 aliphatic heterocycles. The van der Waals surface area contributed by atoms with Gasteiger partial charge in [-0.3, -0.25) is 14.9 Å². The second-order valence-electron chi connectivity index (χ2n) is 2.21. The van der Waals surface area contributed by atoms with E-state index in [2.05, 4.69) is 0 Å². The Bertz CT molecular complexity index is 378. The molecule has 1 aromatic rings. The highest BCUT2D eigenvalue weighted by molar-refractivity contribution is 6.43. The van der Waals surface area contributed by atoms with E-state index >= 15 is 0 Å². The molecule has 0 atom stereocenters. The maximum absolute atomic E-state index is 10.4. The van der Waals surface area contributed by atoms with Crippen LogP contribution in [-0.4, -0.2) is 11.2 Å². The molecule has 1 rings (SSSR count). The quantitative estimate of drug-likeness (QED) is 0.437. The molecule has 0 saturated carbocycles. The Morgan fingerprint density at radius 2 is 2.00 bits per heavy atom. The molecule has 13 heavy (non-hydrogen) atoms. The Morgan fingerprint density at radius 1 is 1.38 bits per heavy atom. The Labute approximate surface area is 83.2 Å². The van der Waals surface area contributed by atoms with E-state index in [4.69, 9.17) is 23.2 Å². The molecular formula is C7H3Cl2NO3. The highest BCUT2D eigenvalue weighted by atomic mass is 35.5. The van der Waals surface area contributed by atoms with E-state index in [1.54, 1.807) is 0 Å². The number of rotatable bonds is 2. The van der Waals surface area contributed by atoms with Gasteiger partial charge in [-0.15, -0.1) is 0 Å². The first-order valence-electron chi connectivity index (χ1n) is 3.15. The smallest absolute Gasteiger partial charge is 0.271 e. The number of benzene rings is 1. The molecule has 0 amide bonds. The second-order valence-corrected chi connectivity index (χ2v) is 2.99. The van der Waals surface area contributed by atoms with E-state index in [0.29, 0.717) is 6.29 Å². The van der Waals surface area contributed by atoms with Crippen molar-refractivity contribution in [1.82, 2.24) is 0 Å². The molecule has 0 bridgehead atoms. The standard InChI is InChI=1S/C7H3Cl2NO3/c8-6-2-5(10(12)13)1-4(3-11)7(6)9/h1-3H. The van der Waals surface area contributed by atoms with E-state index in [-0.39, 0.29) is 21.3 Å². The third-order valence-corrected chi connectivity index (χ3v) is 2.20. The number of nitro benzene ring substituents is 1. The van der Waals surface area contributed by atoms with Crippen molar-refractivity contribution in [3.63, 3.8) is 0 Å². The number of halogens is 2. The number of carbonyl (C=O) groups excluding carboxylic acids is 1. The number of carbonyl (C=O) groups is 1. The molecule has 6 heteroatoms. The van der Waals surface area contributed by atoms with Crippen molar-refractivity contribution in [3.8, 4) is 0 Å². The average Bonchev–Trinajstić information content (AvgIpc) is 2.09. The molecule has 0 heterocycles. The molecule has 1 aromatic carbocycles. The largest absolute Gasteiger partial charge is 0.298 e. The van der Waals surface area contributed by atoms with Gasteiger partial charge in [-0.25, -0.2) is 0 Å². The van der Waals surface area contributed by atoms with E-state index < -0.39 is 4.92 Å². The first kappa shape index (κ1) is 9.95. The Morgan fingerprint density at radius 3 is 2.46 bits per heavy atom. The summed E-state index contributed by atoms with van der Waals surface area (Å²) in [6, 6.07) is 2.16. The molecule has 0 aliphatic carbocycles. The zero-order valence-corrected chi connectivity index (χ0v) is 7.67. The zero-order valence-electron chi connectivity index (χ0n) is 6.16. The number of hydrogen-bond acceptors (Lipinski definition) is 3. The lowest BCUT2D eigenvalue weighted by molar-refractivity contribution is -0.384. The molecule has 0 radical (unpaired) electrons. The first-order valence-corrected chi connectivity index (χ1v) is 3.90. The van der Waals surface area contributed by atoms with E-state index in [9.17, 15) is 14.9 Å². The fourth-order valence-electron chi connectivity index (χ4n) is 0.787. The fourth-order valence-corrected chi connectivity index (χ4v) is 1.16. The normalized spacial score (nSPS) is 9.69. The summed E-state index contributed by atoms with van der Waals surface area (Å²) in [4.78, 5) is 20.1. The van der Waals surface area contributed by atoms with E-state index in [1.165, 1.54) is 0 Å². The van der Waals surface area contributed by atoms with Crippen LogP contribution in [0.3, 0.4) is 0 Å². The Kier molecular flexibility index (Phi) is 2.85. The third kappa shape index (κ3) is 1.96. The van der Waals surface area contributed by atoms with Crippen LogP contribution >= 0.6 is 23.2 Å². The lowest BCUT2D eigenvalue weighted by Crippen LogP contribution is -1.91. The average molecular weight is 220 g/mol. The van der Waals surface area contributed by atoms with Gasteiger partial charge >= 0.3 is 0 Å². The van der Waals surface area contributed by atoms with Crippen molar-refractivity contribution in [2.45, 2.75) is 0 Å². The van der Waals surface area contributed by atoms with Gasteiger partial charge in [-0.2, -0.15) is 0 Å². The lowest BCUT2D eigenvalue weighted by Gasteiger charge is -1.98. The van der Waals surface area contributed by atoms with Crippen molar-refractivity contribution >= 4 is 35.2 Å². The minimum atomic E-state index is -0.644. The topological polar surface area (TPSA) is 60.2 Å². The van der Waals surface area contributed by atoms with Gasteiger partial charge < -0.3 is 0 Å². The van der Waals surface area contributed by atoms with Crippen molar-refractivity contribution in [2.24, 2.45) is 0 Å². The maximum atomic E-state index is 10.4. The summed E-state index contributed by atoms with van der Waals surface area (Å²) in [5.41, 5.74) is -0.239. The molecular weight excluding hydrogens is 217 g/mol. The van der Waals surface area contributed by atoms with Gasteiger partial charge in [0.25, 0.3) is 5.69 Å². The van der Waals surface area contributed by atoms with Gasteiger partial charge in [0.1, 0.15) is 0 Å². The van der Waals surface area contributed by atoms with Gasteiger partial charge in [0.2, 0.25) is 0 Å². The SMILES string of the molecule is O=Cc1cc([N+](=O)[O-])cc(Cl)c1Cl. The van der Waals surface area contributed by atoms with Crippen LogP contribution in [0, 0.1) is 10.1 Å². The molecule has 68 valence electrons. The summed E-state index contributed by atoms with van der Waals surface area (Å²) in [6.45, 7) is 0. The molecule has 0 N–H and O–H groups in total. The summed E-state index contributed by atoms with van der Waals surface area (Å²) in [7, 11) is 0. The number of nitro groups is 1. The molecule has 0 saturated heterocycles. The molecule has 0 unspecified atom stereocenters. The number of non-ortho nitro benzene ring substituents is 1. The number of hydrogen-bond donors (Lipinski definition) is 0. The minimum Gasteiger partial charge on any atom is -0.298 e. The third-order valence-electron chi connectivity index (χ3n) is 1.38. The lowest BCUT2D eigenvalue weighted by atomic mass is 10.2.